The van der Waals surface area contributed by atoms with Gasteiger partial charge in [0.15, 0.2) is 5.65 Å². The molecule has 0 radical (unpaired) electrons. The first-order chi connectivity index (χ1) is 12.1. The van der Waals surface area contributed by atoms with Gasteiger partial charge in [0.2, 0.25) is 0 Å². The normalized spacial score (nSPS) is 29.2. The molecule has 2 saturated carbocycles. The average Bonchev–Trinajstić information content (AvgIpc) is 3.09. The zero-order chi connectivity index (χ0) is 17.2. The third kappa shape index (κ3) is 2.34. The second kappa shape index (κ2) is 5.35. The van der Waals surface area contributed by atoms with Gasteiger partial charge < -0.3 is 15.8 Å². The number of anilines is 1. The maximum atomic E-state index is 12.6. The van der Waals surface area contributed by atoms with Gasteiger partial charge in [-0.05, 0) is 25.7 Å². The van der Waals surface area contributed by atoms with Crippen molar-refractivity contribution < 1.29 is 13.5 Å². The van der Waals surface area contributed by atoms with Crippen molar-refractivity contribution in [1.29, 1.82) is 0 Å². The molecule has 3 N–H and O–H groups in total. The predicted octanol–water partition coefficient (Wildman–Crippen LogP) is 1.87. The Bertz CT molecular complexity index is 813. The van der Waals surface area contributed by atoms with Crippen LogP contribution in [0.15, 0.2) is 12.3 Å². The van der Waals surface area contributed by atoms with E-state index in [9.17, 15) is 8.78 Å². The van der Waals surface area contributed by atoms with Gasteiger partial charge in [0.1, 0.15) is 12.4 Å². The minimum Gasteiger partial charge on any atom is -0.371 e. The van der Waals surface area contributed by atoms with E-state index < -0.39 is 13.0 Å². The van der Waals surface area contributed by atoms with Crippen molar-refractivity contribution >= 4 is 11.5 Å². The van der Waals surface area contributed by atoms with Gasteiger partial charge in [-0.1, -0.05) is 0 Å². The van der Waals surface area contributed by atoms with Crippen LogP contribution < -0.4 is 11.1 Å². The number of nitrogens with one attached hydrogen (secondary N) is 1. The Kier molecular flexibility index (Phi) is 3.31. The molecule has 0 saturated heterocycles. The lowest BCUT2D eigenvalue weighted by Crippen LogP contribution is -2.45. The van der Waals surface area contributed by atoms with Gasteiger partial charge in [0.25, 0.3) is 6.43 Å². The molecule has 1 atom stereocenters. The molecule has 3 aliphatic rings. The third-order valence-corrected chi connectivity index (χ3v) is 5.84. The van der Waals surface area contributed by atoms with E-state index in [1.54, 1.807) is 6.20 Å². The Hall–Kier alpha value is -1.80. The monoisotopic (exact) mass is 349 g/mol. The summed E-state index contributed by atoms with van der Waals surface area (Å²) in [6.07, 6.45) is 3.41. The first-order valence-corrected chi connectivity index (χ1v) is 8.86. The third-order valence-electron chi connectivity index (χ3n) is 5.84. The van der Waals surface area contributed by atoms with E-state index in [2.05, 4.69) is 10.4 Å². The van der Waals surface area contributed by atoms with Gasteiger partial charge in [0.05, 0.1) is 18.0 Å². The average molecular weight is 349 g/mol. The summed E-state index contributed by atoms with van der Waals surface area (Å²) in [6.45, 7) is -0.516. The Labute approximate surface area is 143 Å². The second-order valence-corrected chi connectivity index (χ2v) is 7.53. The van der Waals surface area contributed by atoms with E-state index in [1.165, 1.54) is 0 Å². The molecule has 2 aromatic rings. The van der Waals surface area contributed by atoms with Crippen molar-refractivity contribution in [1.82, 2.24) is 14.6 Å². The molecule has 134 valence electrons. The molecule has 2 aromatic heterocycles. The number of nitrogens with two attached hydrogens (primary N) is 1. The van der Waals surface area contributed by atoms with Crippen LogP contribution in [-0.2, 0) is 16.6 Å². The minimum absolute atomic E-state index is 0.192. The highest BCUT2D eigenvalue weighted by Crippen LogP contribution is 2.58. The molecule has 2 fully saturated rings. The van der Waals surface area contributed by atoms with Crippen molar-refractivity contribution in [3.63, 3.8) is 0 Å². The zero-order valence-electron chi connectivity index (χ0n) is 13.8. The number of fused-ring (bicyclic) bond motifs is 3. The van der Waals surface area contributed by atoms with Gasteiger partial charge in [-0.25, -0.2) is 13.8 Å². The molecule has 1 unspecified atom stereocenters. The highest BCUT2D eigenvalue weighted by atomic mass is 19.3. The van der Waals surface area contributed by atoms with Crippen LogP contribution in [0.5, 0.6) is 0 Å². The maximum absolute atomic E-state index is 12.6. The van der Waals surface area contributed by atoms with Crippen LogP contribution in [0.3, 0.4) is 0 Å². The van der Waals surface area contributed by atoms with E-state index in [1.807, 2.05) is 10.6 Å². The lowest BCUT2D eigenvalue weighted by molar-refractivity contribution is -0.0338. The number of hydrogen-bond donors (Lipinski definition) is 2. The van der Waals surface area contributed by atoms with Crippen molar-refractivity contribution in [2.75, 3.05) is 11.9 Å². The topological polar surface area (TPSA) is 77.5 Å². The van der Waals surface area contributed by atoms with Gasteiger partial charge in [-0.3, -0.25) is 0 Å². The highest BCUT2D eigenvalue weighted by molar-refractivity contribution is 5.61. The van der Waals surface area contributed by atoms with E-state index in [0.717, 1.165) is 48.4 Å². The van der Waals surface area contributed by atoms with Crippen LogP contribution in [0.4, 0.5) is 14.6 Å². The Morgan fingerprint density at radius 2 is 2.20 bits per heavy atom. The summed E-state index contributed by atoms with van der Waals surface area (Å²) in [5.41, 5.74) is 8.57. The Balaban J connectivity index is 1.53. The summed E-state index contributed by atoms with van der Waals surface area (Å²) >= 11 is 0. The fourth-order valence-corrected chi connectivity index (χ4v) is 4.34. The van der Waals surface area contributed by atoms with Crippen LogP contribution in [0.25, 0.3) is 5.65 Å². The number of ether oxygens (including phenoxy) is 1. The molecule has 3 aliphatic carbocycles. The van der Waals surface area contributed by atoms with E-state index in [-0.39, 0.29) is 17.6 Å². The quantitative estimate of drug-likeness (QED) is 0.862. The first-order valence-electron chi connectivity index (χ1n) is 8.86. The molecule has 8 heteroatoms. The summed E-state index contributed by atoms with van der Waals surface area (Å²) in [5.74, 6) is 0.927. The number of rotatable bonds is 5. The van der Waals surface area contributed by atoms with Crippen LogP contribution in [0, 0.1) is 0 Å². The summed E-state index contributed by atoms with van der Waals surface area (Å²) in [4.78, 5) is 4.80. The molecular weight excluding hydrogens is 328 g/mol. The van der Waals surface area contributed by atoms with Gasteiger partial charge in [-0.2, -0.15) is 9.61 Å². The number of aromatic nitrogens is 3. The fraction of sp³-hybridized carbons (Fsp3) is 0.647. The number of alkyl halides is 2. The molecule has 25 heavy (non-hydrogen) atoms. The van der Waals surface area contributed by atoms with Gasteiger partial charge in [-0.15, -0.1) is 0 Å². The lowest BCUT2D eigenvalue weighted by Gasteiger charge is -2.34. The molecular formula is C17H21F2N5O. The standard InChI is InChI=1S/C17H21F2N5O/c18-13(19)8-25-12-7-11-15(17(12)2-3-17)23-14-1-4-21-24(14)16(11)22-10-5-9(20)6-10/h1,4,9-10,12-13,22H,2-3,5-8,20H2. The van der Waals surface area contributed by atoms with Crippen LogP contribution >= 0.6 is 0 Å². The van der Waals surface area contributed by atoms with Crippen molar-refractivity contribution in [3.8, 4) is 0 Å². The second-order valence-electron chi connectivity index (χ2n) is 7.53. The molecule has 6 nitrogen and oxygen atoms in total. The SMILES string of the molecule is NC1CC(Nc2c3c(nc4ccnn24)C2(CC2)C(OCC(F)F)C3)C1. The summed E-state index contributed by atoms with van der Waals surface area (Å²) in [5, 5.41) is 7.96. The van der Waals surface area contributed by atoms with Crippen LogP contribution in [-0.4, -0.2) is 45.8 Å². The molecule has 1 spiro atoms. The zero-order valence-corrected chi connectivity index (χ0v) is 13.8. The smallest absolute Gasteiger partial charge is 0.261 e. The molecule has 0 aliphatic heterocycles. The van der Waals surface area contributed by atoms with Crippen molar-refractivity contribution in [3.05, 3.63) is 23.5 Å². The summed E-state index contributed by atoms with van der Waals surface area (Å²) in [6, 6.07) is 2.45. The number of hydrogen-bond acceptors (Lipinski definition) is 5. The van der Waals surface area contributed by atoms with Crippen LogP contribution in [0.1, 0.15) is 36.9 Å². The summed E-state index contributed by atoms with van der Waals surface area (Å²) in [7, 11) is 0. The van der Waals surface area contributed by atoms with Crippen molar-refractivity contribution in [2.45, 2.75) is 62.1 Å². The molecule has 2 heterocycles. The van der Waals surface area contributed by atoms with E-state index >= 15 is 0 Å². The number of halogens is 2. The fourth-order valence-electron chi connectivity index (χ4n) is 4.34. The molecule has 0 bridgehead atoms. The van der Waals surface area contributed by atoms with E-state index in [4.69, 9.17) is 15.5 Å². The van der Waals surface area contributed by atoms with Crippen LogP contribution in [0.2, 0.25) is 0 Å². The number of nitrogens with zero attached hydrogens (tertiary/aromatic N) is 3. The Morgan fingerprint density at radius 1 is 1.40 bits per heavy atom. The van der Waals surface area contributed by atoms with Gasteiger partial charge in [0, 0.05) is 35.5 Å². The van der Waals surface area contributed by atoms with Gasteiger partial charge >= 0.3 is 0 Å². The Morgan fingerprint density at radius 3 is 2.88 bits per heavy atom. The lowest BCUT2D eigenvalue weighted by atomic mass is 9.87. The largest absolute Gasteiger partial charge is 0.371 e. The van der Waals surface area contributed by atoms with Crippen molar-refractivity contribution in [2.24, 2.45) is 5.73 Å². The van der Waals surface area contributed by atoms with E-state index in [0.29, 0.717) is 12.5 Å². The first kappa shape index (κ1) is 15.5. The highest BCUT2D eigenvalue weighted by Gasteiger charge is 2.58. The molecule has 5 rings (SSSR count). The maximum Gasteiger partial charge on any atom is 0.261 e. The summed E-state index contributed by atoms with van der Waals surface area (Å²) < 4.78 is 32.7. The molecule has 0 aromatic carbocycles. The molecule has 0 amide bonds. The predicted molar refractivity (Wildman–Crippen MR) is 88.0 cm³/mol. The minimum atomic E-state index is -2.45.